The molecule has 1 aromatic carbocycles. The molecule has 0 aliphatic rings. The van der Waals surface area contributed by atoms with Crippen LogP contribution in [0, 0.1) is 0 Å². The highest BCUT2D eigenvalue weighted by Crippen LogP contribution is 2.00. The zero-order valence-electron chi connectivity index (χ0n) is 5.83. The Balaban J connectivity index is 2.43. The lowest BCUT2D eigenvalue weighted by Gasteiger charge is -1.95. The maximum absolute atomic E-state index is 8.40. The maximum Gasteiger partial charge on any atom is 0.287 e. The summed E-state index contributed by atoms with van der Waals surface area (Å²) in [5, 5.41) is 8.40. The van der Waals surface area contributed by atoms with Crippen LogP contribution >= 0.6 is 0 Å². The third-order valence-electron chi connectivity index (χ3n) is 1.40. The topological polar surface area (TPSA) is 20.2 Å². The van der Waals surface area contributed by atoms with Gasteiger partial charge in [0.1, 0.15) is 0 Å². The van der Waals surface area contributed by atoms with Crippen molar-refractivity contribution in [1.29, 1.82) is 0 Å². The zero-order valence-corrected chi connectivity index (χ0v) is 5.83. The fourth-order valence-electron chi connectivity index (χ4n) is 0.876. The van der Waals surface area contributed by atoms with Gasteiger partial charge >= 0.3 is 0 Å². The van der Waals surface area contributed by atoms with Gasteiger partial charge in [0, 0.05) is 0 Å². The van der Waals surface area contributed by atoms with E-state index in [0.717, 1.165) is 12.7 Å². The van der Waals surface area contributed by atoms with Gasteiger partial charge in [-0.15, -0.1) is 0 Å². The van der Waals surface area contributed by atoms with E-state index in [2.05, 4.69) is 12.1 Å². The van der Waals surface area contributed by atoms with Crippen LogP contribution in [0.5, 0.6) is 0 Å². The number of hydrogen-bond donors (Lipinski definition) is 1. The van der Waals surface area contributed by atoms with Crippen molar-refractivity contribution in [2.75, 3.05) is 0 Å². The Morgan fingerprint density at radius 1 is 1.20 bits per heavy atom. The number of hydrogen-bond acceptors (Lipinski definition) is 1. The second-order valence-corrected chi connectivity index (χ2v) is 2.21. The van der Waals surface area contributed by atoms with Crippen LogP contribution in [0.3, 0.4) is 0 Å². The Labute approximate surface area is 62.0 Å². The first-order valence-corrected chi connectivity index (χ1v) is 3.43. The van der Waals surface area contributed by atoms with Crippen LogP contribution in [0.15, 0.2) is 30.3 Å². The fraction of sp³-hybridized carbons (Fsp3) is 0.250. The molecule has 0 aliphatic carbocycles. The molecule has 0 fully saturated rings. The summed E-state index contributed by atoms with van der Waals surface area (Å²) in [4.78, 5) is 0. The molecule has 1 N–H and O–H groups in total. The smallest absolute Gasteiger partial charge is 0.287 e. The van der Waals surface area contributed by atoms with Crippen LogP contribution in [0.2, 0.25) is 6.32 Å². The largest absolute Gasteiger partial charge is 0.454 e. The first-order valence-electron chi connectivity index (χ1n) is 3.43. The van der Waals surface area contributed by atoms with E-state index in [-0.39, 0.29) is 0 Å². The summed E-state index contributed by atoms with van der Waals surface area (Å²) in [7, 11) is 1.20. The van der Waals surface area contributed by atoms with Gasteiger partial charge in [-0.25, -0.2) is 0 Å². The second-order valence-electron chi connectivity index (χ2n) is 2.21. The van der Waals surface area contributed by atoms with Crippen LogP contribution in [0.1, 0.15) is 5.56 Å². The molecule has 0 saturated carbocycles. The van der Waals surface area contributed by atoms with Crippen molar-refractivity contribution in [3.05, 3.63) is 35.9 Å². The summed E-state index contributed by atoms with van der Waals surface area (Å²) in [6.45, 7) is 0. The van der Waals surface area contributed by atoms with Gasteiger partial charge in [-0.2, -0.15) is 0 Å². The van der Waals surface area contributed by atoms with Gasteiger partial charge in [-0.05, 0) is 18.3 Å². The molecule has 0 bridgehead atoms. The van der Waals surface area contributed by atoms with Gasteiger partial charge < -0.3 is 5.02 Å². The Kier molecular flexibility index (Phi) is 3.03. The Morgan fingerprint density at radius 3 is 2.50 bits per heavy atom. The predicted octanol–water partition coefficient (Wildman–Crippen LogP) is 1.26. The zero-order chi connectivity index (χ0) is 7.23. The molecule has 0 atom stereocenters. The van der Waals surface area contributed by atoms with Crippen molar-refractivity contribution in [2.45, 2.75) is 12.7 Å². The van der Waals surface area contributed by atoms with E-state index in [9.17, 15) is 0 Å². The lowest BCUT2D eigenvalue weighted by molar-refractivity contribution is 0.599. The van der Waals surface area contributed by atoms with Crippen molar-refractivity contribution >= 4 is 7.48 Å². The third-order valence-corrected chi connectivity index (χ3v) is 1.40. The standard InChI is InChI=1S/C8H10BO/c10-9-7-6-8-4-2-1-3-5-8/h1-5,10H,6-7H2. The lowest BCUT2D eigenvalue weighted by Crippen LogP contribution is -1.90. The molecule has 0 aliphatic heterocycles. The first kappa shape index (κ1) is 7.35. The minimum atomic E-state index is 0.740. The highest BCUT2D eigenvalue weighted by atomic mass is 16.2. The van der Waals surface area contributed by atoms with E-state index in [0.29, 0.717) is 0 Å². The Morgan fingerprint density at radius 2 is 1.90 bits per heavy atom. The van der Waals surface area contributed by atoms with Crippen molar-refractivity contribution in [1.82, 2.24) is 0 Å². The molecule has 0 aromatic heterocycles. The molecule has 1 radical (unpaired) electrons. The molecule has 0 heterocycles. The minimum Gasteiger partial charge on any atom is -0.454 e. The van der Waals surface area contributed by atoms with E-state index in [1.807, 2.05) is 18.2 Å². The lowest BCUT2D eigenvalue weighted by atomic mass is 9.91. The molecular formula is C8H10BO. The summed E-state index contributed by atoms with van der Waals surface area (Å²) in [6, 6.07) is 10.1. The summed E-state index contributed by atoms with van der Waals surface area (Å²) < 4.78 is 0. The van der Waals surface area contributed by atoms with Crippen LogP contribution < -0.4 is 0 Å². The van der Waals surface area contributed by atoms with E-state index >= 15 is 0 Å². The molecule has 1 rings (SSSR count). The van der Waals surface area contributed by atoms with Gasteiger partial charge in [0.2, 0.25) is 0 Å². The van der Waals surface area contributed by atoms with Gasteiger partial charge in [0.25, 0.3) is 7.48 Å². The summed E-state index contributed by atoms with van der Waals surface area (Å²) in [5.74, 6) is 0. The van der Waals surface area contributed by atoms with E-state index in [1.54, 1.807) is 0 Å². The van der Waals surface area contributed by atoms with Crippen molar-refractivity contribution in [3.63, 3.8) is 0 Å². The summed E-state index contributed by atoms with van der Waals surface area (Å²) in [6.07, 6.45) is 1.67. The number of benzene rings is 1. The van der Waals surface area contributed by atoms with Crippen LogP contribution in [-0.2, 0) is 6.42 Å². The van der Waals surface area contributed by atoms with Gasteiger partial charge in [-0.3, -0.25) is 0 Å². The van der Waals surface area contributed by atoms with Gasteiger partial charge in [-0.1, -0.05) is 30.3 Å². The minimum absolute atomic E-state index is 0.740. The molecule has 2 heteroatoms. The van der Waals surface area contributed by atoms with Crippen molar-refractivity contribution < 1.29 is 5.02 Å². The molecular weight excluding hydrogens is 123 g/mol. The molecule has 0 unspecified atom stereocenters. The summed E-state index contributed by atoms with van der Waals surface area (Å²) in [5.41, 5.74) is 1.27. The fourth-order valence-corrected chi connectivity index (χ4v) is 0.876. The number of aryl methyl sites for hydroxylation is 1. The van der Waals surface area contributed by atoms with Crippen LogP contribution in [-0.4, -0.2) is 12.5 Å². The maximum atomic E-state index is 8.40. The van der Waals surface area contributed by atoms with Crippen molar-refractivity contribution in [2.24, 2.45) is 0 Å². The average molecular weight is 133 g/mol. The summed E-state index contributed by atoms with van der Waals surface area (Å²) >= 11 is 0. The first-order chi connectivity index (χ1) is 4.93. The molecule has 1 nitrogen and oxygen atoms in total. The van der Waals surface area contributed by atoms with Crippen LogP contribution in [0.25, 0.3) is 0 Å². The monoisotopic (exact) mass is 133 g/mol. The highest BCUT2D eigenvalue weighted by Gasteiger charge is 1.89. The van der Waals surface area contributed by atoms with Crippen molar-refractivity contribution in [3.8, 4) is 0 Å². The average Bonchev–Trinajstić information content (AvgIpc) is 2.03. The second kappa shape index (κ2) is 4.12. The van der Waals surface area contributed by atoms with E-state index < -0.39 is 0 Å². The molecule has 0 amide bonds. The molecule has 0 spiro atoms. The predicted molar refractivity (Wildman–Crippen MR) is 42.9 cm³/mol. The SMILES string of the molecule is O[B]CCc1ccccc1. The molecule has 51 valence electrons. The number of rotatable bonds is 3. The molecule has 10 heavy (non-hydrogen) atoms. The normalized spacial score (nSPS) is 9.30. The molecule has 1 aromatic rings. The Bertz CT molecular complexity index is 174. The van der Waals surface area contributed by atoms with Gasteiger partial charge in [0.05, 0.1) is 0 Å². The van der Waals surface area contributed by atoms with Gasteiger partial charge in [0.15, 0.2) is 0 Å². The quantitative estimate of drug-likeness (QED) is 0.615. The Hall–Kier alpha value is -0.755. The van der Waals surface area contributed by atoms with Crippen LogP contribution in [0.4, 0.5) is 0 Å². The van der Waals surface area contributed by atoms with E-state index in [1.165, 1.54) is 13.0 Å². The van der Waals surface area contributed by atoms with E-state index in [4.69, 9.17) is 5.02 Å². The third kappa shape index (κ3) is 2.23. The highest BCUT2D eigenvalue weighted by molar-refractivity contribution is 6.25. The molecule has 0 saturated heterocycles.